The fourth-order valence-corrected chi connectivity index (χ4v) is 7.88. The lowest BCUT2D eigenvalue weighted by Gasteiger charge is -2.10. The topological polar surface area (TPSA) is 56.7 Å². The Labute approximate surface area is 322 Å². The lowest BCUT2D eigenvalue weighted by Crippen LogP contribution is -2.00. The van der Waals surface area contributed by atoms with E-state index in [2.05, 4.69) is 162 Å². The molecular weight excluding hydrogens is 685 g/mol. The maximum Gasteiger partial charge on any atom is 0.164 e. The molecule has 11 aromatic rings. The number of hydrogen-bond acceptors (Lipinski definition) is 4. The van der Waals surface area contributed by atoms with Gasteiger partial charge in [-0.1, -0.05) is 152 Å². The molecule has 0 aliphatic carbocycles. The minimum absolute atomic E-state index is 0.627. The van der Waals surface area contributed by atoms with Gasteiger partial charge in [-0.05, 0) is 58.7 Å². The van der Waals surface area contributed by atoms with Crippen molar-refractivity contribution in [3.8, 4) is 62.1 Å². The molecule has 3 aromatic heterocycles. The second-order valence-electron chi connectivity index (χ2n) is 14.1. The number of furan rings is 1. The Balaban J connectivity index is 0.974. The summed E-state index contributed by atoms with van der Waals surface area (Å²) >= 11 is 0. The zero-order chi connectivity index (χ0) is 37.0. The zero-order valence-electron chi connectivity index (χ0n) is 30.2. The Kier molecular flexibility index (Phi) is 7.42. The van der Waals surface area contributed by atoms with Crippen LogP contribution in [0.4, 0.5) is 0 Å². The summed E-state index contributed by atoms with van der Waals surface area (Å²) in [4.78, 5) is 14.9. The first-order valence-corrected chi connectivity index (χ1v) is 18.8. The van der Waals surface area contributed by atoms with Crippen LogP contribution in [-0.4, -0.2) is 19.5 Å². The maximum absolute atomic E-state index is 6.50. The van der Waals surface area contributed by atoms with Gasteiger partial charge in [-0.15, -0.1) is 0 Å². The molecule has 0 amide bonds. The predicted octanol–water partition coefficient (Wildman–Crippen LogP) is 13.2. The van der Waals surface area contributed by atoms with Crippen molar-refractivity contribution < 1.29 is 4.42 Å². The fourth-order valence-electron chi connectivity index (χ4n) is 7.88. The smallest absolute Gasteiger partial charge is 0.164 e. The first-order chi connectivity index (χ1) is 27.7. The minimum Gasteiger partial charge on any atom is -0.456 e. The van der Waals surface area contributed by atoms with Crippen molar-refractivity contribution in [2.45, 2.75) is 0 Å². The van der Waals surface area contributed by atoms with Gasteiger partial charge in [0.05, 0.1) is 11.0 Å². The van der Waals surface area contributed by atoms with Crippen LogP contribution >= 0.6 is 0 Å². The van der Waals surface area contributed by atoms with Gasteiger partial charge in [0.15, 0.2) is 17.5 Å². The van der Waals surface area contributed by atoms with Crippen LogP contribution in [0.5, 0.6) is 0 Å². The molecule has 0 spiro atoms. The van der Waals surface area contributed by atoms with Crippen molar-refractivity contribution in [1.82, 2.24) is 19.5 Å². The first kappa shape index (κ1) is 31.9. The molecule has 5 nitrogen and oxygen atoms in total. The average molecular weight is 717 g/mol. The molecule has 3 heterocycles. The number of nitrogens with zero attached hydrogens (tertiary/aromatic N) is 4. The molecule has 0 bridgehead atoms. The van der Waals surface area contributed by atoms with Crippen molar-refractivity contribution in [3.63, 3.8) is 0 Å². The SMILES string of the molecule is c1ccc(-c2ccc(-c3nc(-c4ccccc4)nc(-c4ccc(-c5ccc6oc7cc8c(cc7c6c5)c5ccccc5n8-c5ccccc5)cc4)n3)cc2)cc1. The highest BCUT2D eigenvalue weighted by Crippen LogP contribution is 2.39. The molecule has 0 fully saturated rings. The third kappa shape index (κ3) is 5.45. The Morgan fingerprint density at radius 1 is 0.304 bits per heavy atom. The van der Waals surface area contributed by atoms with Gasteiger partial charge in [0.1, 0.15) is 11.2 Å². The average Bonchev–Trinajstić information content (AvgIpc) is 3.80. The fraction of sp³-hybridized carbons (Fsp3) is 0. The summed E-state index contributed by atoms with van der Waals surface area (Å²) in [6.07, 6.45) is 0. The number of fused-ring (bicyclic) bond motifs is 6. The Hall–Kier alpha value is -7.63. The molecular formula is C51H32N4O. The number of hydrogen-bond donors (Lipinski definition) is 0. The van der Waals surface area contributed by atoms with Gasteiger partial charge in [-0.2, -0.15) is 0 Å². The third-order valence-corrected chi connectivity index (χ3v) is 10.7. The van der Waals surface area contributed by atoms with Crippen molar-refractivity contribution in [2.75, 3.05) is 0 Å². The summed E-state index contributed by atoms with van der Waals surface area (Å²) in [6.45, 7) is 0. The van der Waals surface area contributed by atoms with Gasteiger partial charge in [-0.25, -0.2) is 15.0 Å². The van der Waals surface area contributed by atoms with Crippen LogP contribution in [-0.2, 0) is 0 Å². The highest BCUT2D eigenvalue weighted by atomic mass is 16.3. The van der Waals surface area contributed by atoms with E-state index >= 15 is 0 Å². The number of para-hydroxylation sites is 2. The summed E-state index contributed by atoms with van der Waals surface area (Å²) in [5.74, 6) is 1.90. The molecule has 0 atom stereocenters. The summed E-state index contributed by atoms with van der Waals surface area (Å²) in [7, 11) is 0. The minimum atomic E-state index is 0.627. The summed E-state index contributed by atoms with van der Waals surface area (Å²) < 4.78 is 8.83. The van der Waals surface area contributed by atoms with Crippen molar-refractivity contribution >= 4 is 43.7 Å². The highest BCUT2D eigenvalue weighted by Gasteiger charge is 2.17. The number of aromatic nitrogens is 4. The molecule has 11 rings (SSSR count). The van der Waals surface area contributed by atoms with Crippen LogP contribution in [0.15, 0.2) is 199 Å². The highest BCUT2D eigenvalue weighted by molar-refractivity contribution is 6.17. The van der Waals surface area contributed by atoms with Crippen LogP contribution < -0.4 is 0 Å². The Bertz CT molecular complexity index is 3200. The lowest BCUT2D eigenvalue weighted by atomic mass is 10.0. The van der Waals surface area contributed by atoms with E-state index in [1.165, 1.54) is 21.9 Å². The van der Waals surface area contributed by atoms with Crippen LogP contribution in [0.2, 0.25) is 0 Å². The molecule has 8 aromatic carbocycles. The largest absolute Gasteiger partial charge is 0.456 e. The molecule has 5 heteroatoms. The first-order valence-electron chi connectivity index (χ1n) is 18.8. The van der Waals surface area contributed by atoms with Crippen molar-refractivity contribution in [3.05, 3.63) is 194 Å². The molecule has 0 aliphatic rings. The molecule has 0 N–H and O–H groups in total. The van der Waals surface area contributed by atoms with Crippen molar-refractivity contribution in [2.24, 2.45) is 0 Å². The zero-order valence-corrected chi connectivity index (χ0v) is 30.2. The van der Waals surface area contributed by atoms with Crippen LogP contribution in [0.3, 0.4) is 0 Å². The normalized spacial score (nSPS) is 11.6. The summed E-state index contributed by atoms with van der Waals surface area (Å²) in [5.41, 5.74) is 12.5. The van der Waals surface area contributed by atoms with Gasteiger partial charge < -0.3 is 8.98 Å². The number of benzene rings is 8. The van der Waals surface area contributed by atoms with E-state index in [1.54, 1.807) is 0 Å². The van der Waals surface area contributed by atoms with E-state index in [0.717, 1.165) is 66.5 Å². The molecule has 56 heavy (non-hydrogen) atoms. The monoisotopic (exact) mass is 716 g/mol. The van der Waals surface area contributed by atoms with E-state index in [0.29, 0.717) is 17.5 Å². The standard InChI is InChI=1S/C51H32N4O/c1-4-12-33(13-5-1)34-20-24-37(25-21-34)50-52-49(36-14-6-2-7-15-36)53-51(54-50)38-26-22-35(23-27-38)39-28-29-47-43(30-39)44-31-42-41-18-10-11-19-45(41)55(40-16-8-3-9-17-40)46(42)32-48(44)56-47/h1-32H. The Morgan fingerprint density at radius 2 is 0.768 bits per heavy atom. The molecule has 0 saturated carbocycles. The third-order valence-electron chi connectivity index (χ3n) is 10.7. The second-order valence-corrected chi connectivity index (χ2v) is 14.1. The molecule has 0 saturated heterocycles. The van der Waals surface area contributed by atoms with E-state index in [9.17, 15) is 0 Å². The van der Waals surface area contributed by atoms with E-state index in [-0.39, 0.29) is 0 Å². The molecule has 0 radical (unpaired) electrons. The van der Waals surface area contributed by atoms with Gasteiger partial charge >= 0.3 is 0 Å². The van der Waals surface area contributed by atoms with E-state index in [4.69, 9.17) is 19.4 Å². The molecule has 0 unspecified atom stereocenters. The Morgan fingerprint density at radius 3 is 1.41 bits per heavy atom. The summed E-state index contributed by atoms with van der Waals surface area (Å²) in [5, 5.41) is 4.61. The van der Waals surface area contributed by atoms with Gasteiger partial charge in [-0.3, -0.25) is 0 Å². The quantitative estimate of drug-likeness (QED) is 0.172. The van der Waals surface area contributed by atoms with E-state index < -0.39 is 0 Å². The van der Waals surface area contributed by atoms with Crippen LogP contribution in [0.25, 0.3) is 106 Å². The second kappa shape index (κ2) is 13.0. The van der Waals surface area contributed by atoms with Crippen LogP contribution in [0, 0.1) is 0 Å². The lowest BCUT2D eigenvalue weighted by molar-refractivity contribution is 0.669. The van der Waals surface area contributed by atoms with Crippen molar-refractivity contribution in [1.29, 1.82) is 0 Å². The predicted molar refractivity (Wildman–Crippen MR) is 229 cm³/mol. The number of rotatable bonds is 6. The molecule has 0 aliphatic heterocycles. The summed E-state index contributed by atoms with van der Waals surface area (Å²) in [6, 6.07) is 67.4. The van der Waals surface area contributed by atoms with E-state index in [1.807, 2.05) is 36.4 Å². The van der Waals surface area contributed by atoms with Gasteiger partial charge in [0.25, 0.3) is 0 Å². The molecule has 262 valence electrons. The van der Waals surface area contributed by atoms with Crippen LogP contribution in [0.1, 0.15) is 0 Å². The maximum atomic E-state index is 6.50. The van der Waals surface area contributed by atoms with Gasteiger partial charge in [0.2, 0.25) is 0 Å². The van der Waals surface area contributed by atoms with Gasteiger partial charge in [0, 0.05) is 50.0 Å².